The molecule has 2 aromatic rings. The van der Waals surface area contributed by atoms with E-state index in [0.717, 1.165) is 21.5 Å². The number of hydrogen-bond donors (Lipinski definition) is 1. The number of hydrogen-bond acceptors (Lipinski definition) is 2. The molecule has 0 radical (unpaired) electrons. The van der Waals surface area contributed by atoms with Crippen molar-refractivity contribution < 1.29 is 8.78 Å². The number of rotatable bonds is 5. The van der Waals surface area contributed by atoms with Crippen LogP contribution in [0.1, 0.15) is 24.1 Å². The highest BCUT2D eigenvalue weighted by molar-refractivity contribution is 9.11. The van der Waals surface area contributed by atoms with E-state index in [9.17, 15) is 8.78 Å². The lowest BCUT2D eigenvalue weighted by Crippen LogP contribution is -2.22. The molecule has 102 valence electrons. The number of thiophene rings is 1. The Morgan fingerprint density at radius 3 is 2.63 bits per heavy atom. The highest BCUT2D eigenvalue weighted by atomic mass is 79.9. The molecule has 0 bridgehead atoms. The molecule has 1 aromatic heterocycles. The molecule has 0 saturated heterocycles. The van der Waals surface area contributed by atoms with Crippen LogP contribution in [0.5, 0.6) is 0 Å². The Morgan fingerprint density at radius 2 is 2.05 bits per heavy atom. The molecule has 5 heteroatoms. The standard InChI is InChI=1S/C14H14BrF2NS/c1-2-18-13(10-7-14(15)19-8-10)6-9-3-4-11(16)12(17)5-9/h3-5,7-8,13,18H,2,6H2,1H3. The van der Waals surface area contributed by atoms with Crippen molar-refractivity contribution in [3.63, 3.8) is 0 Å². The summed E-state index contributed by atoms with van der Waals surface area (Å²) in [5.41, 5.74) is 1.94. The lowest BCUT2D eigenvalue weighted by atomic mass is 10.0. The molecule has 1 N–H and O–H groups in total. The summed E-state index contributed by atoms with van der Waals surface area (Å²) in [5, 5.41) is 5.43. The molecule has 0 aliphatic carbocycles. The first-order valence-corrected chi connectivity index (χ1v) is 7.68. The average molecular weight is 346 g/mol. The van der Waals surface area contributed by atoms with Gasteiger partial charge >= 0.3 is 0 Å². The minimum absolute atomic E-state index is 0.109. The summed E-state index contributed by atoms with van der Waals surface area (Å²) in [5.74, 6) is -1.60. The number of benzene rings is 1. The number of halogens is 3. The third-order valence-electron chi connectivity index (χ3n) is 2.86. The maximum absolute atomic E-state index is 13.2. The Balaban J connectivity index is 2.18. The maximum atomic E-state index is 13.2. The second kappa shape index (κ2) is 6.59. The van der Waals surface area contributed by atoms with Gasteiger partial charge in [-0.2, -0.15) is 0 Å². The first-order valence-electron chi connectivity index (χ1n) is 6.01. The van der Waals surface area contributed by atoms with Crippen LogP contribution in [-0.2, 0) is 6.42 Å². The molecule has 2 rings (SSSR count). The van der Waals surface area contributed by atoms with Crippen molar-refractivity contribution >= 4 is 27.3 Å². The predicted molar refractivity (Wildman–Crippen MR) is 78.5 cm³/mol. The number of likely N-dealkylation sites (N-methyl/N-ethyl adjacent to an activating group) is 1. The molecule has 0 aliphatic heterocycles. The first kappa shape index (κ1) is 14.6. The Hall–Kier alpha value is -0.780. The molecule has 19 heavy (non-hydrogen) atoms. The van der Waals surface area contributed by atoms with Crippen LogP contribution in [0.15, 0.2) is 33.4 Å². The molecule has 0 amide bonds. The summed E-state index contributed by atoms with van der Waals surface area (Å²) in [6, 6.07) is 6.23. The van der Waals surface area contributed by atoms with Gasteiger partial charge in [0.05, 0.1) is 3.79 Å². The second-order valence-corrected chi connectivity index (χ2v) is 6.54. The minimum Gasteiger partial charge on any atom is -0.310 e. The SMILES string of the molecule is CCNC(Cc1ccc(F)c(F)c1)c1csc(Br)c1. The van der Waals surface area contributed by atoms with Crippen LogP contribution in [0.25, 0.3) is 0 Å². The van der Waals surface area contributed by atoms with Gasteiger partial charge in [-0.3, -0.25) is 0 Å². The van der Waals surface area contributed by atoms with Crippen molar-refractivity contribution in [2.45, 2.75) is 19.4 Å². The lowest BCUT2D eigenvalue weighted by Gasteiger charge is -2.17. The molecule has 1 heterocycles. The van der Waals surface area contributed by atoms with E-state index in [1.165, 1.54) is 12.1 Å². The summed E-state index contributed by atoms with van der Waals surface area (Å²) < 4.78 is 27.2. The zero-order valence-corrected chi connectivity index (χ0v) is 12.8. The van der Waals surface area contributed by atoms with Crippen molar-refractivity contribution in [2.24, 2.45) is 0 Å². The molecule has 0 spiro atoms. The third-order valence-corrected chi connectivity index (χ3v) is 4.39. The highest BCUT2D eigenvalue weighted by Gasteiger charge is 2.14. The monoisotopic (exact) mass is 345 g/mol. The van der Waals surface area contributed by atoms with Crippen LogP contribution in [0.2, 0.25) is 0 Å². The number of nitrogens with one attached hydrogen (secondary N) is 1. The fourth-order valence-electron chi connectivity index (χ4n) is 1.96. The molecule has 1 unspecified atom stereocenters. The van der Waals surface area contributed by atoms with E-state index in [0.29, 0.717) is 6.42 Å². The first-order chi connectivity index (χ1) is 9.10. The largest absolute Gasteiger partial charge is 0.310 e. The van der Waals surface area contributed by atoms with Gasteiger partial charge in [0.25, 0.3) is 0 Å². The van der Waals surface area contributed by atoms with Crippen molar-refractivity contribution in [2.75, 3.05) is 6.54 Å². The van der Waals surface area contributed by atoms with E-state index in [1.807, 2.05) is 6.92 Å². The van der Waals surface area contributed by atoms with E-state index < -0.39 is 11.6 Å². The third kappa shape index (κ3) is 3.84. The van der Waals surface area contributed by atoms with Crippen molar-refractivity contribution in [1.29, 1.82) is 0 Å². The van der Waals surface area contributed by atoms with Gasteiger partial charge in [0, 0.05) is 6.04 Å². The van der Waals surface area contributed by atoms with Crippen molar-refractivity contribution in [3.05, 3.63) is 56.2 Å². The molecular formula is C14H14BrF2NS. The zero-order valence-electron chi connectivity index (χ0n) is 10.4. The van der Waals surface area contributed by atoms with Crippen LogP contribution in [0.3, 0.4) is 0 Å². The summed E-state index contributed by atoms with van der Waals surface area (Å²) in [6.07, 6.45) is 0.633. The van der Waals surface area contributed by atoms with E-state index in [1.54, 1.807) is 17.4 Å². The molecule has 1 atom stereocenters. The molecule has 1 aromatic carbocycles. The lowest BCUT2D eigenvalue weighted by molar-refractivity contribution is 0.502. The average Bonchev–Trinajstić information content (AvgIpc) is 2.80. The van der Waals surface area contributed by atoms with Crippen LogP contribution < -0.4 is 5.32 Å². The van der Waals surface area contributed by atoms with Crippen LogP contribution in [0.4, 0.5) is 8.78 Å². The van der Waals surface area contributed by atoms with Gasteiger partial charge in [-0.05, 0) is 63.6 Å². The van der Waals surface area contributed by atoms with Gasteiger partial charge in [0.1, 0.15) is 0 Å². The molecule has 0 fully saturated rings. The predicted octanol–water partition coefficient (Wildman–Crippen LogP) is 4.68. The van der Waals surface area contributed by atoms with E-state index >= 15 is 0 Å². The Morgan fingerprint density at radius 1 is 1.26 bits per heavy atom. The zero-order chi connectivity index (χ0) is 13.8. The van der Waals surface area contributed by atoms with Gasteiger partial charge < -0.3 is 5.32 Å². The van der Waals surface area contributed by atoms with Gasteiger partial charge in [-0.1, -0.05) is 13.0 Å². The van der Waals surface area contributed by atoms with Gasteiger partial charge in [0.2, 0.25) is 0 Å². The maximum Gasteiger partial charge on any atom is 0.159 e. The fraction of sp³-hybridized carbons (Fsp3) is 0.286. The topological polar surface area (TPSA) is 12.0 Å². The Bertz CT molecular complexity index is 556. The van der Waals surface area contributed by atoms with E-state index in [2.05, 4.69) is 32.7 Å². The van der Waals surface area contributed by atoms with Gasteiger partial charge in [0.15, 0.2) is 11.6 Å². The molecular weight excluding hydrogens is 332 g/mol. The fourth-order valence-corrected chi connectivity index (χ4v) is 3.19. The quantitative estimate of drug-likeness (QED) is 0.829. The Kier molecular flexibility index (Phi) is 5.07. The molecule has 0 saturated carbocycles. The smallest absolute Gasteiger partial charge is 0.159 e. The van der Waals surface area contributed by atoms with Gasteiger partial charge in [-0.15, -0.1) is 11.3 Å². The highest BCUT2D eigenvalue weighted by Crippen LogP contribution is 2.27. The molecule has 1 nitrogen and oxygen atoms in total. The summed E-state index contributed by atoms with van der Waals surface area (Å²) in [7, 11) is 0. The van der Waals surface area contributed by atoms with Crippen LogP contribution >= 0.6 is 27.3 Å². The Labute approximate surface area is 123 Å². The molecule has 0 aliphatic rings. The van der Waals surface area contributed by atoms with E-state index in [-0.39, 0.29) is 6.04 Å². The van der Waals surface area contributed by atoms with Crippen molar-refractivity contribution in [1.82, 2.24) is 5.32 Å². The van der Waals surface area contributed by atoms with E-state index in [4.69, 9.17) is 0 Å². The normalized spacial score (nSPS) is 12.6. The summed E-state index contributed by atoms with van der Waals surface area (Å²) in [4.78, 5) is 0. The van der Waals surface area contributed by atoms with Crippen molar-refractivity contribution in [3.8, 4) is 0 Å². The summed E-state index contributed by atoms with van der Waals surface area (Å²) in [6.45, 7) is 2.85. The van der Waals surface area contributed by atoms with Gasteiger partial charge in [-0.25, -0.2) is 8.78 Å². The van der Waals surface area contributed by atoms with Crippen LogP contribution in [-0.4, -0.2) is 6.54 Å². The summed E-state index contributed by atoms with van der Waals surface area (Å²) >= 11 is 5.06. The minimum atomic E-state index is -0.804. The van der Waals surface area contributed by atoms with Crippen LogP contribution in [0, 0.1) is 11.6 Å². The second-order valence-electron chi connectivity index (χ2n) is 4.25.